The van der Waals surface area contributed by atoms with E-state index < -0.39 is 0 Å². The van der Waals surface area contributed by atoms with Gasteiger partial charge >= 0.3 is 0 Å². The minimum atomic E-state index is 0.526. The normalized spacial score (nSPS) is 9.30. The Labute approximate surface area is 59.1 Å². The largest absolute Gasteiger partial charge is 0.594 e. The van der Waals surface area contributed by atoms with E-state index in [2.05, 4.69) is 10.4 Å². The fraction of sp³-hybridized carbons (Fsp3) is 0.333. The van der Waals surface area contributed by atoms with E-state index in [1.54, 1.807) is 12.1 Å². The minimum Gasteiger partial charge on any atom is -0.594 e. The number of nitrogens with zero attached hydrogens (tertiary/aromatic N) is 2. The molecule has 10 heavy (non-hydrogen) atoms. The summed E-state index contributed by atoms with van der Waals surface area (Å²) in [5.74, 6) is 0.611. The van der Waals surface area contributed by atoms with Crippen molar-refractivity contribution in [2.75, 3.05) is 11.9 Å². The van der Waals surface area contributed by atoms with Gasteiger partial charge < -0.3 is 10.5 Å². The van der Waals surface area contributed by atoms with Crippen LogP contribution in [0.5, 0.6) is 0 Å². The molecule has 4 nitrogen and oxygen atoms in total. The van der Waals surface area contributed by atoms with Crippen LogP contribution in [0.15, 0.2) is 18.3 Å². The van der Waals surface area contributed by atoms with Gasteiger partial charge in [-0.3, -0.25) is 0 Å². The maximum absolute atomic E-state index is 10.5. The highest BCUT2D eigenvalue weighted by molar-refractivity contribution is 5.29. The summed E-state index contributed by atoms with van der Waals surface area (Å²) in [4.78, 5) is 0.526. The first-order valence-corrected chi connectivity index (χ1v) is 3.13. The predicted octanol–water partition coefficient (Wildman–Crippen LogP) is 0.147. The molecule has 4 heteroatoms. The molecular weight excluding hydrogens is 130 g/mol. The lowest BCUT2D eigenvalue weighted by molar-refractivity contribution is -0.667. The Balaban J connectivity index is 2.75. The molecule has 0 aliphatic carbocycles. The van der Waals surface area contributed by atoms with Gasteiger partial charge in [0.25, 0.3) is 0 Å². The third-order valence-corrected chi connectivity index (χ3v) is 1.03. The van der Waals surface area contributed by atoms with Gasteiger partial charge in [-0.25, -0.2) is 0 Å². The van der Waals surface area contributed by atoms with Crippen LogP contribution >= 0.6 is 0 Å². The molecule has 0 fully saturated rings. The van der Waals surface area contributed by atoms with E-state index in [0.717, 1.165) is 6.54 Å². The second-order valence-corrected chi connectivity index (χ2v) is 1.83. The predicted molar refractivity (Wildman–Crippen MR) is 37.4 cm³/mol. The first-order valence-electron chi connectivity index (χ1n) is 3.13. The number of hydrogen-bond acceptors (Lipinski definition) is 3. The molecule has 0 radical (unpaired) electrons. The molecule has 1 rings (SSSR count). The van der Waals surface area contributed by atoms with E-state index in [9.17, 15) is 5.21 Å². The van der Waals surface area contributed by atoms with Crippen LogP contribution < -0.4 is 10.2 Å². The summed E-state index contributed by atoms with van der Waals surface area (Å²) < 4.78 is 0. The van der Waals surface area contributed by atoms with Crippen LogP contribution in [0.3, 0.4) is 0 Å². The van der Waals surface area contributed by atoms with Crippen molar-refractivity contribution in [1.82, 2.24) is 5.10 Å². The molecule has 1 N–H and O–H groups in total. The summed E-state index contributed by atoms with van der Waals surface area (Å²) in [5, 5.41) is 17.1. The fourth-order valence-corrected chi connectivity index (χ4v) is 0.656. The van der Waals surface area contributed by atoms with E-state index in [0.29, 0.717) is 10.7 Å². The Morgan fingerprint density at radius 2 is 2.60 bits per heavy atom. The molecule has 0 atom stereocenters. The van der Waals surface area contributed by atoms with Gasteiger partial charge in [-0.1, -0.05) is 4.85 Å². The van der Waals surface area contributed by atoms with Crippen molar-refractivity contribution in [2.24, 2.45) is 0 Å². The van der Waals surface area contributed by atoms with Crippen molar-refractivity contribution in [3.8, 4) is 0 Å². The highest BCUT2D eigenvalue weighted by Crippen LogP contribution is 1.94. The first-order chi connectivity index (χ1) is 4.83. The smallest absolute Gasteiger partial charge is 0.210 e. The Morgan fingerprint density at radius 1 is 1.80 bits per heavy atom. The molecule has 1 aromatic heterocycles. The molecular formula is C6H9N3O. The van der Waals surface area contributed by atoms with Crippen molar-refractivity contribution in [2.45, 2.75) is 6.92 Å². The highest BCUT2D eigenvalue weighted by Gasteiger charge is 1.93. The molecule has 0 aliphatic heterocycles. The zero-order valence-corrected chi connectivity index (χ0v) is 5.74. The summed E-state index contributed by atoms with van der Waals surface area (Å²) in [6.07, 6.45) is 1.35. The summed E-state index contributed by atoms with van der Waals surface area (Å²) in [6.45, 7) is 2.72. The lowest BCUT2D eigenvalue weighted by atomic mass is 10.5. The minimum absolute atomic E-state index is 0.526. The highest BCUT2D eigenvalue weighted by atomic mass is 16.5. The van der Waals surface area contributed by atoms with Crippen LogP contribution in [-0.2, 0) is 0 Å². The third-order valence-electron chi connectivity index (χ3n) is 1.03. The second kappa shape index (κ2) is 3.00. The number of hydrogen-bond donors (Lipinski definition) is 1. The van der Waals surface area contributed by atoms with E-state index in [1.807, 2.05) is 6.92 Å². The topological polar surface area (TPSA) is 51.9 Å². The second-order valence-electron chi connectivity index (χ2n) is 1.83. The average Bonchev–Trinajstić information content (AvgIpc) is 1.88. The van der Waals surface area contributed by atoms with Gasteiger partial charge in [0.05, 0.1) is 0 Å². The first kappa shape index (κ1) is 6.80. The van der Waals surface area contributed by atoms with Gasteiger partial charge in [0.15, 0.2) is 5.82 Å². The lowest BCUT2D eigenvalue weighted by Gasteiger charge is -1.98. The molecule has 0 unspecified atom stereocenters. The zero-order valence-electron chi connectivity index (χ0n) is 5.74. The number of nitrogens with one attached hydrogen (secondary N) is 1. The number of rotatable bonds is 2. The quantitative estimate of drug-likeness (QED) is 0.468. The summed E-state index contributed by atoms with van der Waals surface area (Å²) in [6, 6.07) is 3.40. The summed E-state index contributed by atoms with van der Waals surface area (Å²) in [7, 11) is 0. The molecule has 0 saturated carbocycles. The van der Waals surface area contributed by atoms with Crippen LogP contribution in [0.1, 0.15) is 6.92 Å². The van der Waals surface area contributed by atoms with Gasteiger partial charge in [0.2, 0.25) is 6.20 Å². The van der Waals surface area contributed by atoms with Crippen molar-refractivity contribution >= 4 is 5.82 Å². The third kappa shape index (κ3) is 1.58. The summed E-state index contributed by atoms with van der Waals surface area (Å²) in [5.41, 5.74) is 0. The van der Waals surface area contributed by atoms with Crippen LogP contribution in [0.4, 0.5) is 5.82 Å². The van der Waals surface area contributed by atoms with Crippen LogP contribution in [0, 0.1) is 5.21 Å². The van der Waals surface area contributed by atoms with E-state index in [1.165, 1.54) is 6.20 Å². The molecule has 1 heterocycles. The molecule has 54 valence electrons. The van der Waals surface area contributed by atoms with Gasteiger partial charge in [0, 0.05) is 17.7 Å². The van der Waals surface area contributed by atoms with Crippen LogP contribution in [0.2, 0.25) is 0 Å². The molecule has 0 spiro atoms. The monoisotopic (exact) mass is 139 g/mol. The van der Waals surface area contributed by atoms with Gasteiger partial charge in [-0.15, -0.1) is 0 Å². The van der Waals surface area contributed by atoms with Crippen molar-refractivity contribution in [1.29, 1.82) is 0 Å². The van der Waals surface area contributed by atoms with Gasteiger partial charge in [-0.2, -0.15) is 0 Å². The molecule has 1 aromatic rings. The van der Waals surface area contributed by atoms with Crippen LogP contribution in [-0.4, -0.2) is 11.6 Å². The Bertz CT molecular complexity index is 214. The Hall–Kier alpha value is -1.32. The Kier molecular flexibility index (Phi) is 2.04. The molecule has 0 saturated heterocycles. The molecule has 0 bridgehead atoms. The SMILES string of the molecule is CCNc1ccc[n+]([O-])n1. The Morgan fingerprint density at radius 3 is 3.20 bits per heavy atom. The standard InChI is InChI=1S/C6H9N3O/c1-2-7-6-4-3-5-9(10)8-6/h3-5H,2H2,1H3,(H,7,8). The van der Waals surface area contributed by atoms with Crippen molar-refractivity contribution in [3.63, 3.8) is 0 Å². The maximum atomic E-state index is 10.5. The average molecular weight is 139 g/mol. The molecule has 0 aliphatic rings. The van der Waals surface area contributed by atoms with Gasteiger partial charge in [0.1, 0.15) is 0 Å². The zero-order chi connectivity index (χ0) is 7.40. The molecule has 0 amide bonds. The van der Waals surface area contributed by atoms with E-state index in [4.69, 9.17) is 0 Å². The van der Waals surface area contributed by atoms with Crippen molar-refractivity contribution in [3.05, 3.63) is 23.5 Å². The van der Waals surface area contributed by atoms with Crippen molar-refractivity contribution < 1.29 is 4.85 Å². The fourth-order valence-electron chi connectivity index (χ4n) is 0.656. The van der Waals surface area contributed by atoms with E-state index >= 15 is 0 Å². The maximum Gasteiger partial charge on any atom is 0.210 e. The summed E-state index contributed by atoms with van der Waals surface area (Å²) >= 11 is 0. The molecule has 0 aromatic carbocycles. The van der Waals surface area contributed by atoms with Crippen LogP contribution in [0.25, 0.3) is 0 Å². The number of anilines is 1. The number of aromatic nitrogens is 2. The lowest BCUT2D eigenvalue weighted by Crippen LogP contribution is -2.30. The van der Waals surface area contributed by atoms with E-state index in [-0.39, 0.29) is 0 Å². The van der Waals surface area contributed by atoms with Gasteiger partial charge in [-0.05, 0) is 13.0 Å².